The van der Waals surface area contributed by atoms with Gasteiger partial charge in [0.1, 0.15) is 12.4 Å². The fourth-order valence-corrected chi connectivity index (χ4v) is 2.74. The predicted molar refractivity (Wildman–Crippen MR) is 96.0 cm³/mol. The van der Waals surface area contributed by atoms with E-state index in [9.17, 15) is 9.59 Å². The summed E-state index contributed by atoms with van der Waals surface area (Å²) in [4.78, 5) is 25.4. The molecular weight excluding hydrogens is 344 g/mol. The van der Waals surface area contributed by atoms with Gasteiger partial charge in [0.25, 0.3) is 0 Å². The smallest absolute Gasteiger partial charge is 0.409 e. The summed E-state index contributed by atoms with van der Waals surface area (Å²) in [6, 6.07) is 9.67. The number of hydrogen-bond donors (Lipinski definition) is 1. The normalized spacial score (nSPS) is 14.8. The number of nitrogens with one attached hydrogen (secondary N) is 1. The first kappa shape index (κ1) is 19.4. The number of likely N-dealkylation sites (tertiary alicyclic amines) is 1. The van der Waals surface area contributed by atoms with Gasteiger partial charge in [-0.05, 0) is 31.4 Å². The number of alkyl halides is 1. The van der Waals surface area contributed by atoms with Crippen LogP contribution in [0.1, 0.15) is 25.7 Å². The van der Waals surface area contributed by atoms with Crippen molar-refractivity contribution in [1.29, 1.82) is 0 Å². The monoisotopic (exact) mass is 368 g/mol. The number of halogens is 1. The number of rotatable bonds is 8. The molecule has 1 N–H and O–H groups in total. The fraction of sp³-hybridized carbons (Fsp3) is 0.556. The first-order valence-electron chi connectivity index (χ1n) is 8.64. The van der Waals surface area contributed by atoms with Crippen molar-refractivity contribution in [3.63, 3.8) is 0 Å². The highest BCUT2D eigenvalue weighted by molar-refractivity contribution is 6.18. The molecule has 0 radical (unpaired) electrons. The number of nitrogens with zero attached hydrogens (tertiary/aromatic N) is 1. The summed E-state index contributed by atoms with van der Waals surface area (Å²) in [6.45, 7) is 1.91. The van der Waals surface area contributed by atoms with Gasteiger partial charge in [-0.25, -0.2) is 4.79 Å². The summed E-state index contributed by atoms with van der Waals surface area (Å²) in [7, 11) is 0. The molecule has 1 saturated heterocycles. The molecule has 7 heteroatoms. The zero-order valence-electron chi connectivity index (χ0n) is 14.3. The van der Waals surface area contributed by atoms with Gasteiger partial charge in [-0.3, -0.25) is 4.79 Å². The molecule has 6 nitrogen and oxygen atoms in total. The average molecular weight is 369 g/mol. The van der Waals surface area contributed by atoms with Crippen LogP contribution in [0.25, 0.3) is 0 Å². The van der Waals surface area contributed by atoms with Crippen LogP contribution in [0.15, 0.2) is 30.3 Å². The predicted octanol–water partition coefficient (Wildman–Crippen LogP) is 2.80. The molecule has 1 aromatic rings. The third-order valence-corrected chi connectivity index (χ3v) is 4.14. The van der Waals surface area contributed by atoms with Crippen LogP contribution in [-0.4, -0.2) is 55.1 Å². The van der Waals surface area contributed by atoms with E-state index in [4.69, 9.17) is 21.1 Å². The number of amides is 2. The van der Waals surface area contributed by atoms with Gasteiger partial charge in [0.2, 0.25) is 5.91 Å². The Hall–Kier alpha value is -1.95. The number of carbonyl (C=O) groups is 2. The minimum Gasteiger partial charge on any atom is -0.494 e. The Balaban J connectivity index is 1.56. The van der Waals surface area contributed by atoms with Crippen molar-refractivity contribution in [3.8, 4) is 5.75 Å². The van der Waals surface area contributed by atoms with Gasteiger partial charge >= 0.3 is 6.09 Å². The van der Waals surface area contributed by atoms with Gasteiger partial charge in [0, 0.05) is 25.6 Å². The molecule has 0 bridgehead atoms. The molecule has 1 fully saturated rings. The van der Waals surface area contributed by atoms with Crippen LogP contribution in [-0.2, 0) is 9.53 Å². The third-order valence-electron chi connectivity index (χ3n) is 3.98. The zero-order chi connectivity index (χ0) is 17.9. The summed E-state index contributed by atoms with van der Waals surface area (Å²) < 4.78 is 10.6. The van der Waals surface area contributed by atoms with Crippen LogP contribution < -0.4 is 10.1 Å². The van der Waals surface area contributed by atoms with Gasteiger partial charge in [-0.2, -0.15) is 0 Å². The molecule has 25 heavy (non-hydrogen) atoms. The van der Waals surface area contributed by atoms with E-state index in [2.05, 4.69) is 5.32 Å². The first-order valence-corrected chi connectivity index (χ1v) is 9.17. The Labute approximate surface area is 153 Å². The van der Waals surface area contributed by atoms with Crippen molar-refractivity contribution < 1.29 is 19.1 Å². The molecule has 2 rings (SSSR count). The number of carbonyl (C=O) groups excluding carboxylic acids is 2. The second kappa shape index (κ2) is 10.8. The van der Waals surface area contributed by atoms with Crippen LogP contribution in [0.3, 0.4) is 0 Å². The van der Waals surface area contributed by atoms with Crippen LogP contribution in [0.2, 0.25) is 0 Å². The van der Waals surface area contributed by atoms with Crippen molar-refractivity contribution in [3.05, 3.63) is 30.3 Å². The van der Waals surface area contributed by atoms with Crippen molar-refractivity contribution >= 4 is 23.6 Å². The van der Waals surface area contributed by atoms with E-state index >= 15 is 0 Å². The highest BCUT2D eigenvalue weighted by atomic mass is 35.5. The lowest BCUT2D eigenvalue weighted by molar-refractivity contribution is -0.122. The van der Waals surface area contributed by atoms with Gasteiger partial charge in [0.05, 0.1) is 12.5 Å². The van der Waals surface area contributed by atoms with E-state index in [1.54, 1.807) is 4.90 Å². The molecule has 1 aliphatic heterocycles. The molecule has 0 aliphatic carbocycles. The van der Waals surface area contributed by atoms with Crippen LogP contribution in [0.5, 0.6) is 5.75 Å². The maximum absolute atomic E-state index is 12.0. The molecule has 0 spiro atoms. The molecule has 2 amide bonds. The maximum Gasteiger partial charge on any atom is 0.409 e. The number of hydrogen-bond acceptors (Lipinski definition) is 4. The summed E-state index contributed by atoms with van der Waals surface area (Å²) in [5.41, 5.74) is 0. The summed E-state index contributed by atoms with van der Waals surface area (Å²) in [5.74, 6) is 1.14. The van der Waals surface area contributed by atoms with Crippen LogP contribution in [0.4, 0.5) is 4.79 Å². The summed E-state index contributed by atoms with van der Waals surface area (Å²) in [5, 5.41) is 3.03. The quantitative estimate of drug-likeness (QED) is 0.566. The van der Waals surface area contributed by atoms with Crippen molar-refractivity contribution in [2.45, 2.75) is 31.7 Å². The minimum absolute atomic E-state index is 0.0276. The number of benzene rings is 1. The van der Waals surface area contributed by atoms with E-state index in [0.717, 1.165) is 18.6 Å². The molecule has 0 saturated carbocycles. The van der Waals surface area contributed by atoms with E-state index in [1.807, 2.05) is 30.3 Å². The molecule has 0 unspecified atom stereocenters. The highest BCUT2D eigenvalue weighted by Gasteiger charge is 2.24. The Morgan fingerprint density at radius 2 is 1.88 bits per heavy atom. The first-order chi connectivity index (χ1) is 12.2. The Morgan fingerprint density at radius 1 is 1.16 bits per heavy atom. The van der Waals surface area contributed by atoms with Crippen LogP contribution in [0, 0.1) is 0 Å². The molecule has 1 aliphatic rings. The van der Waals surface area contributed by atoms with Crippen molar-refractivity contribution in [2.75, 3.05) is 32.2 Å². The zero-order valence-corrected chi connectivity index (χ0v) is 15.0. The lowest BCUT2D eigenvalue weighted by Crippen LogP contribution is -2.46. The van der Waals surface area contributed by atoms with Crippen LogP contribution >= 0.6 is 11.6 Å². The largest absolute Gasteiger partial charge is 0.494 e. The standard InChI is InChI=1S/C18H25ClN2O4/c19-10-14-25-18(23)21-11-8-15(9-12-21)20-17(22)7-4-13-24-16-5-2-1-3-6-16/h1-3,5-6,15H,4,7-14H2,(H,20,22). The second-order valence-corrected chi connectivity index (χ2v) is 6.28. The topological polar surface area (TPSA) is 67.9 Å². The third kappa shape index (κ3) is 7.22. The fourth-order valence-electron chi connectivity index (χ4n) is 2.66. The Morgan fingerprint density at radius 3 is 2.56 bits per heavy atom. The molecule has 1 heterocycles. The Bertz CT molecular complexity index is 533. The SMILES string of the molecule is O=C(CCCOc1ccccc1)NC1CCN(C(=O)OCCCl)CC1. The highest BCUT2D eigenvalue weighted by Crippen LogP contribution is 2.12. The lowest BCUT2D eigenvalue weighted by atomic mass is 10.1. The van der Waals surface area contributed by atoms with Gasteiger partial charge < -0.3 is 19.7 Å². The number of piperidine rings is 1. The minimum atomic E-state index is -0.330. The lowest BCUT2D eigenvalue weighted by Gasteiger charge is -2.31. The van der Waals surface area contributed by atoms with Gasteiger partial charge in [-0.15, -0.1) is 11.6 Å². The maximum atomic E-state index is 12.0. The van der Waals surface area contributed by atoms with E-state index < -0.39 is 0 Å². The number of para-hydroxylation sites is 1. The van der Waals surface area contributed by atoms with E-state index in [1.165, 1.54) is 0 Å². The van der Waals surface area contributed by atoms with Crippen molar-refractivity contribution in [1.82, 2.24) is 10.2 Å². The molecule has 1 aromatic carbocycles. The summed E-state index contributed by atoms with van der Waals surface area (Å²) in [6.07, 6.45) is 2.25. The molecule has 138 valence electrons. The van der Waals surface area contributed by atoms with Gasteiger partial charge in [0.15, 0.2) is 0 Å². The van der Waals surface area contributed by atoms with Crippen molar-refractivity contribution in [2.24, 2.45) is 0 Å². The molecule has 0 aromatic heterocycles. The van der Waals surface area contributed by atoms with Gasteiger partial charge in [-0.1, -0.05) is 18.2 Å². The Kier molecular flexibility index (Phi) is 8.39. The molecular formula is C18H25ClN2O4. The van der Waals surface area contributed by atoms with E-state index in [-0.39, 0.29) is 24.6 Å². The average Bonchev–Trinajstić information content (AvgIpc) is 2.65. The second-order valence-electron chi connectivity index (χ2n) is 5.90. The van der Waals surface area contributed by atoms with E-state index in [0.29, 0.717) is 38.4 Å². The molecule has 0 atom stereocenters. The summed E-state index contributed by atoms with van der Waals surface area (Å²) >= 11 is 5.50. The number of ether oxygens (including phenoxy) is 2.